The summed E-state index contributed by atoms with van der Waals surface area (Å²) in [6.07, 6.45) is 1.15. The van der Waals surface area contributed by atoms with Crippen LogP contribution in [0.2, 0.25) is 0 Å². The number of hydrogen-bond donors (Lipinski definition) is 1. The molecular weight excluding hydrogens is 276 g/mol. The van der Waals surface area contributed by atoms with Gasteiger partial charge in [0.05, 0.1) is 16.5 Å². The number of halogens is 2. The molecule has 0 aliphatic rings. The summed E-state index contributed by atoms with van der Waals surface area (Å²) in [7, 11) is 0. The second kappa shape index (κ2) is 4.94. The largest absolute Gasteiger partial charge is 0.358 e. The van der Waals surface area contributed by atoms with E-state index in [1.54, 1.807) is 30.3 Å². The van der Waals surface area contributed by atoms with Gasteiger partial charge < -0.3 is 4.98 Å². The number of nitrogens with one attached hydrogen (secondary N) is 1. The lowest BCUT2D eigenvalue weighted by Crippen LogP contribution is -2.17. The van der Waals surface area contributed by atoms with Gasteiger partial charge in [0, 0.05) is 17.8 Å². The number of carbonyl (C=O) groups excluding carboxylic acids is 1. The molecule has 0 amide bonds. The Balaban J connectivity index is 2.24. The zero-order valence-corrected chi connectivity index (χ0v) is 10.7. The summed E-state index contributed by atoms with van der Waals surface area (Å²) in [6.45, 7) is 0. The third kappa shape index (κ3) is 2.23. The average molecular weight is 285 g/mol. The molecule has 21 heavy (non-hydrogen) atoms. The molecule has 3 nitrogen and oxygen atoms in total. The number of benzene rings is 2. The average Bonchev–Trinajstić information content (AvgIpc) is 2.48. The Bertz CT molecular complexity index is 901. The summed E-state index contributed by atoms with van der Waals surface area (Å²) in [6, 6.07) is 9.81. The van der Waals surface area contributed by atoms with Gasteiger partial charge in [-0.15, -0.1) is 0 Å². The van der Waals surface area contributed by atoms with E-state index in [-0.39, 0.29) is 16.5 Å². The normalized spacial score (nSPS) is 10.8. The van der Waals surface area contributed by atoms with Gasteiger partial charge in [0.25, 0.3) is 0 Å². The summed E-state index contributed by atoms with van der Waals surface area (Å²) in [5, 5.41) is -0.186. The number of aromatic amines is 1. The minimum atomic E-state index is -0.874. The van der Waals surface area contributed by atoms with Crippen LogP contribution in [0.1, 0.15) is 15.9 Å². The van der Waals surface area contributed by atoms with Crippen LogP contribution in [0.3, 0.4) is 0 Å². The maximum Gasteiger partial charge on any atom is 0.200 e. The van der Waals surface area contributed by atoms with Crippen LogP contribution in [-0.2, 0) is 0 Å². The predicted molar refractivity (Wildman–Crippen MR) is 74.4 cm³/mol. The number of pyridine rings is 1. The van der Waals surface area contributed by atoms with E-state index >= 15 is 0 Å². The van der Waals surface area contributed by atoms with Crippen molar-refractivity contribution >= 4 is 16.7 Å². The van der Waals surface area contributed by atoms with Gasteiger partial charge in [-0.2, -0.15) is 0 Å². The molecule has 0 aliphatic carbocycles. The molecule has 0 saturated carbocycles. The molecule has 0 aliphatic heterocycles. The molecular formula is C16H9F2NO2. The van der Waals surface area contributed by atoms with Gasteiger partial charge in [-0.25, -0.2) is 8.78 Å². The van der Waals surface area contributed by atoms with E-state index in [9.17, 15) is 18.4 Å². The van der Waals surface area contributed by atoms with Crippen molar-refractivity contribution < 1.29 is 13.6 Å². The zero-order valence-electron chi connectivity index (χ0n) is 10.7. The van der Waals surface area contributed by atoms with E-state index in [1.807, 2.05) is 0 Å². The monoisotopic (exact) mass is 285 g/mol. The van der Waals surface area contributed by atoms with Gasteiger partial charge >= 0.3 is 0 Å². The minimum absolute atomic E-state index is 0.119. The van der Waals surface area contributed by atoms with Gasteiger partial charge in [0.2, 0.25) is 5.43 Å². The van der Waals surface area contributed by atoms with E-state index in [0.29, 0.717) is 11.6 Å². The van der Waals surface area contributed by atoms with E-state index in [4.69, 9.17) is 0 Å². The van der Waals surface area contributed by atoms with Gasteiger partial charge in [0.15, 0.2) is 5.78 Å². The van der Waals surface area contributed by atoms with Crippen LogP contribution in [0.15, 0.2) is 53.5 Å². The Labute approximate surface area is 117 Å². The Morgan fingerprint density at radius 3 is 2.48 bits per heavy atom. The lowest BCUT2D eigenvalue weighted by atomic mass is 10.0. The van der Waals surface area contributed by atoms with E-state index in [2.05, 4.69) is 4.98 Å². The number of fused-ring (bicyclic) bond motifs is 1. The van der Waals surface area contributed by atoms with Crippen LogP contribution < -0.4 is 5.43 Å². The van der Waals surface area contributed by atoms with Crippen molar-refractivity contribution in [1.82, 2.24) is 4.98 Å². The van der Waals surface area contributed by atoms with Crippen molar-refractivity contribution in [2.75, 3.05) is 0 Å². The first-order valence-electron chi connectivity index (χ1n) is 6.18. The van der Waals surface area contributed by atoms with Gasteiger partial charge in [-0.3, -0.25) is 9.59 Å². The SMILES string of the molecule is O=C(c1ccccc1)c1c[nH]c2c(F)cc(F)cc2c1=O. The fraction of sp³-hybridized carbons (Fsp3) is 0. The molecule has 0 bridgehead atoms. The summed E-state index contributed by atoms with van der Waals surface area (Å²) >= 11 is 0. The van der Waals surface area contributed by atoms with Crippen molar-refractivity contribution in [3.05, 3.63) is 81.6 Å². The number of H-pyrrole nitrogens is 1. The Kier molecular flexibility index (Phi) is 3.10. The first kappa shape index (κ1) is 13.2. The number of aromatic nitrogens is 1. The molecule has 1 aromatic heterocycles. The van der Waals surface area contributed by atoms with Crippen LogP contribution in [-0.4, -0.2) is 10.8 Å². The highest BCUT2D eigenvalue weighted by Gasteiger charge is 2.16. The van der Waals surface area contributed by atoms with Crippen LogP contribution in [0.5, 0.6) is 0 Å². The minimum Gasteiger partial charge on any atom is -0.358 e. The third-order valence-corrected chi connectivity index (χ3v) is 3.19. The second-order valence-electron chi connectivity index (χ2n) is 4.54. The maximum atomic E-state index is 13.6. The topological polar surface area (TPSA) is 49.9 Å². The molecule has 5 heteroatoms. The molecule has 0 unspecified atom stereocenters. The van der Waals surface area contributed by atoms with E-state index in [1.165, 1.54) is 0 Å². The Morgan fingerprint density at radius 2 is 1.76 bits per heavy atom. The first-order valence-corrected chi connectivity index (χ1v) is 6.18. The molecule has 0 saturated heterocycles. The Morgan fingerprint density at radius 1 is 1.05 bits per heavy atom. The summed E-state index contributed by atoms with van der Waals surface area (Å²) in [4.78, 5) is 27.1. The molecule has 2 aromatic carbocycles. The standard InChI is InChI=1S/C16H9F2NO2/c17-10-6-11-14(13(18)7-10)19-8-12(16(11)21)15(20)9-4-2-1-3-5-9/h1-8H,(H,19,21). The van der Waals surface area contributed by atoms with Crippen molar-refractivity contribution in [2.45, 2.75) is 0 Å². The highest BCUT2D eigenvalue weighted by molar-refractivity contribution is 6.10. The number of ketones is 1. The molecule has 0 radical (unpaired) electrons. The quantitative estimate of drug-likeness (QED) is 0.736. The summed E-state index contributed by atoms with van der Waals surface area (Å²) in [5.41, 5.74) is -0.639. The molecule has 0 atom stereocenters. The highest BCUT2D eigenvalue weighted by atomic mass is 19.1. The number of hydrogen-bond acceptors (Lipinski definition) is 2. The molecule has 0 fully saturated rings. The van der Waals surface area contributed by atoms with Crippen LogP contribution in [0, 0.1) is 11.6 Å². The highest BCUT2D eigenvalue weighted by Crippen LogP contribution is 2.16. The summed E-state index contributed by atoms with van der Waals surface area (Å²) in [5.74, 6) is -2.24. The molecule has 3 aromatic rings. The Hall–Kier alpha value is -2.82. The molecule has 0 spiro atoms. The van der Waals surface area contributed by atoms with Gasteiger partial charge in [0.1, 0.15) is 11.6 Å². The van der Waals surface area contributed by atoms with E-state index in [0.717, 1.165) is 12.3 Å². The molecule has 1 N–H and O–H groups in total. The maximum absolute atomic E-state index is 13.6. The number of rotatable bonds is 2. The van der Waals surface area contributed by atoms with Gasteiger partial charge in [-0.05, 0) is 6.07 Å². The van der Waals surface area contributed by atoms with Crippen LogP contribution in [0.4, 0.5) is 8.78 Å². The fourth-order valence-corrected chi connectivity index (χ4v) is 2.17. The fourth-order valence-electron chi connectivity index (χ4n) is 2.17. The van der Waals surface area contributed by atoms with Gasteiger partial charge in [-0.1, -0.05) is 30.3 Å². The molecule has 3 rings (SSSR count). The van der Waals surface area contributed by atoms with Crippen molar-refractivity contribution in [1.29, 1.82) is 0 Å². The predicted octanol–water partition coefficient (Wildman–Crippen LogP) is 3.04. The molecule has 1 heterocycles. The number of carbonyl (C=O) groups is 1. The van der Waals surface area contributed by atoms with Crippen molar-refractivity contribution in [3.63, 3.8) is 0 Å². The molecule has 104 valence electrons. The summed E-state index contributed by atoms with van der Waals surface area (Å²) < 4.78 is 26.8. The van der Waals surface area contributed by atoms with E-state index < -0.39 is 22.8 Å². The lowest BCUT2D eigenvalue weighted by Gasteiger charge is -2.04. The third-order valence-electron chi connectivity index (χ3n) is 3.19. The van der Waals surface area contributed by atoms with Crippen LogP contribution >= 0.6 is 0 Å². The lowest BCUT2D eigenvalue weighted by molar-refractivity contribution is 0.103. The smallest absolute Gasteiger partial charge is 0.200 e. The van der Waals surface area contributed by atoms with Crippen molar-refractivity contribution in [2.24, 2.45) is 0 Å². The first-order chi connectivity index (χ1) is 10.1. The van der Waals surface area contributed by atoms with Crippen LogP contribution in [0.25, 0.3) is 10.9 Å². The second-order valence-corrected chi connectivity index (χ2v) is 4.54. The van der Waals surface area contributed by atoms with Crippen molar-refractivity contribution in [3.8, 4) is 0 Å². The zero-order chi connectivity index (χ0) is 15.0.